The van der Waals surface area contributed by atoms with Crippen molar-refractivity contribution in [3.8, 4) is 0 Å². The zero-order valence-corrected chi connectivity index (χ0v) is 14.3. The van der Waals surface area contributed by atoms with E-state index in [9.17, 15) is 8.42 Å². The Morgan fingerprint density at radius 3 is 2.76 bits per heavy atom. The molecule has 0 radical (unpaired) electrons. The zero-order valence-electron chi connectivity index (χ0n) is 11.8. The fraction of sp³-hybridized carbons (Fsp3) is 0.462. The smallest absolute Gasteiger partial charge is 0.265 e. The van der Waals surface area contributed by atoms with E-state index in [1.54, 1.807) is 6.20 Å². The molecule has 1 saturated carbocycles. The van der Waals surface area contributed by atoms with Crippen molar-refractivity contribution in [1.29, 1.82) is 0 Å². The van der Waals surface area contributed by atoms with Crippen molar-refractivity contribution in [1.82, 2.24) is 10.3 Å². The molecule has 2 N–H and O–H groups in total. The van der Waals surface area contributed by atoms with Crippen LogP contribution in [0.1, 0.15) is 28.2 Å². The first-order chi connectivity index (χ1) is 9.95. The van der Waals surface area contributed by atoms with Crippen molar-refractivity contribution in [2.24, 2.45) is 0 Å². The second-order valence-electron chi connectivity index (χ2n) is 5.21. The molecule has 0 atom stereocenters. The van der Waals surface area contributed by atoms with Gasteiger partial charge in [0.1, 0.15) is 4.90 Å². The van der Waals surface area contributed by atoms with Crippen molar-refractivity contribution in [2.75, 3.05) is 4.72 Å². The highest BCUT2D eigenvalue weighted by atomic mass is 32.2. The van der Waals surface area contributed by atoms with Crippen molar-refractivity contribution in [3.05, 3.63) is 26.9 Å². The molecule has 2 aromatic rings. The van der Waals surface area contributed by atoms with Crippen molar-refractivity contribution < 1.29 is 8.42 Å². The van der Waals surface area contributed by atoms with E-state index in [1.165, 1.54) is 35.5 Å². The highest BCUT2D eigenvalue weighted by Crippen LogP contribution is 2.30. The maximum absolute atomic E-state index is 12.6. The van der Waals surface area contributed by atoms with E-state index in [2.05, 4.69) is 15.0 Å². The Morgan fingerprint density at radius 1 is 1.38 bits per heavy atom. The summed E-state index contributed by atoms with van der Waals surface area (Å²) in [4.78, 5) is 6.31. The molecular weight excluding hydrogens is 326 g/mol. The van der Waals surface area contributed by atoms with Crippen LogP contribution < -0.4 is 10.0 Å². The van der Waals surface area contributed by atoms with Crippen LogP contribution in [0.4, 0.5) is 5.13 Å². The van der Waals surface area contributed by atoms with Crippen molar-refractivity contribution in [3.63, 3.8) is 0 Å². The van der Waals surface area contributed by atoms with Crippen LogP contribution in [0.25, 0.3) is 0 Å². The molecule has 5 nitrogen and oxygen atoms in total. The number of aromatic nitrogens is 1. The highest BCUT2D eigenvalue weighted by molar-refractivity contribution is 7.93. The van der Waals surface area contributed by atoms with E-state index >= 15 is 0 Å². The minimum absolute atomic E-state index is 0.397. The van der Waals surface area contributed by atoms with Crippen LogP contribution in [-0.2, 0) is 16.6 Å². The predicted molar refractivity (Wildman–Crippen MR) is 86.6 cm³/mol. The molecule has 0 bridgehead atoms. The first kappa shape index (κ1) is 15.0. The van der Waals surface area contributed by atoms with E-state index < -0.39 is 10.0 Å². The molecule has 0 spiro atoms. The molecule has 114 valence electrons. The van der Waals surface area contributed by atoms with Gasteiger partial charge < -0.3 is 5.32 Å². The van der Waals surface area contributed by atoms with Gasteiger partial charge in [0.25, 0.3) is 10.0 Å². The summed E-state index contributed by atoms with van der Waals surface area (Å²) in [6.45, 7) is 4.34. The Labute approximate surface area is 132 Å². The largest absolute Gasteiger partial charge is 0.309 e. The third kappa shape index (κ3) is 3.45. The normalized spacial score (nSPS) is 15.3. The minimum Gasteiger partial charge on any atom is -0.309 e. The topological polar surface area (TPSA) is 71.1 Å². The number of thiophene rings is 1. The maximum Gasteiger partial charge on any atom is 0.265 e. The number of rotatable bonds is 6. The van der Waals surface area contributed by atoms with Crippen LogP contribution in [0.3, 0.4) is 0 Å². The summed E-state index contributed by atoms with van der Waals surface area (Å²) in [5.41, 5.74) is 0.786. The molecule has 3 rings (SSSR count). The standard InChI is InChI=1S/C13H17N3O2S3/c1-8-7-19-11(6-14-10-3-4-10)12(8)21(17,18)16-13-15-5-9(2)20-13/h5,7,10,14H,3-4,6H2,1-2H3,(H,15,16). The number of anilines is 1. The summed E-state index contributed by atoms with van der Waals surface area (Å²) < 4.78 is 27.8. The molecule has 8 heteroatoms. The summed E-state index contributed by atoms with van der Waals surface area (Å²) in [6.07, 6.45) is 4.03. The van der Waals surface area contributed by atoms with Crippen LogP contribution >= 0.6 is 22.7 Å². The molecule has 0 aromatic carbocycles. The van der Waals surface area contributed by atoms with E-state index in [1.807, 2.05) is 19.2 Å². The summed E-state index contributed by atoms with van der Waals surface area (Å²) in [6, 6.07) is 0.553. The second kappa shape index (κ2) is 5.68. The summed E-state index contributed by atoms with van der Waals surface area (Å²) >= 11 is 2.83. The van der Waals surface area contributed by atoms with Gasteiger partial charge in [-0.2, -0.15) is 0 Å². The Bertz CT molecular complexity index is 745. The molecule has 0 unspecified atom stereocenters. The average Bonchev–Trinajstić information content (AvgIpc) is 3.04. The third-order valence-electron chi connectivity index (χ3n) is 3.23. The number of aryl methyl sites for hydroxylation is 2. The fourth-order valence-corrected chi connectivity index (χ4v) is 5.73. The Kier molecular flexibility index (Phi) is 4.04. The SMILES string of the molecule is Cc1cnc(NS(=O)(=O)c2c(C)csc2CNC2CC2)s1. The lowest BCUT2D eigenvalue weighted by molar-refractivity contribution is 0.598. The Balaban J connectivity index is 1.84. The summed E-state index contributed by atoms with van der Waals surface area (Å²) in [5.74, 6) is 0. The van der Waals surface area contributed by atoms with Gasteiger partial charge in [-0.3, -0.25) is 4.72 Å². The van der Waals surface area contributed by atoms with Crippen LogP contribution in [0.5, 0.6) is 0 Å². The van der Waals surface area contributed by atoms with Gasteiger partial charge in [0, 0.05) is 28.5 Å². The maximum atomic E-state index is 12.6. The van der Waals surface area contributed by atoms with Gasteiger partial charge in [-0.25, -0.2) is 13.4 Å². The number of sulfonamides is 1. The molecule has 0 amide bonds. The van der Waals surface area contributed by atoms with Gasteiger partial charge >= 0.3 is 0 Å². The summed E-state index contributed by atoms with van der Waals surface area (Å²) in [5, 5.41) is 5.68. The van der Waals surface area contributed by atoms with Gasteiger partial charge in [0.2, 0.25) is 0 Å². The molecule has 1 fully saturated rings. The Morgan fingerprint density at radius 2 is 2.14 bits per heavy atom. The molecule has 1 aliphatic rings. The average molecular weight is 343 g/mol. The number of hydrogen-bond acceptors (Lipinski definition) is 6. The monoisotopic (exact) mass is 343 g/mol. The predicted octanol–water partition coefficient (Wildman–Crippen LogP) is 2.87. The van der Waals surface area contributed by atoms with E-state index in [-0.39, 0.29) is 0 Å². The second-order valence-corrected chi connectivity index (χ2v) is 9.03. The lowest BCUT2D eigenvalue weighted by atomic mass is 10.3. The van der Waals surface area contributed by atoms with E-state index in [0.29, 0.717) is 22.6 Å². The van der Waals surface area contributed by atoms with Gasteiger partial charge in [0.15, 0.2) is 5.13 Å². The van der Waals surface area contributed by atoms with Crippen LogP contribution in [0.2, 0.25) is 0 Å². The quantitative estimate of drug-likeness (QED) is 0.846. The molecule has 21 heavy (non-hydrogen) atoms. The first-order valence-electron chi connectivity index (χ1n) is 6.71. The molecule has 0 aliphatic heterocycles. The van der Waals surface area contributed by atoms with Gasteiger partial charge in [-0.05, 0) is 37.6 Å². The van der Waals surface area contributed by atoms with Crippen LogP contribution in [-0.4, -0.2) is 19.4 Å². The van der Waals surface area contributed by atoms with E-state index in [4.69, 9.17) is 0 Å². The van der Waals surface area contributed by atoms with Gasteiger partial charge in [-0.15, -0.1) is 22.7 Å². The van der Waals surface area contributed by atoms with Crippen molar-refractivity contribution >= 4 is 37.8 Å². The summed E-state index contributed by atoms with van der Waals surface area (Å²) in [7, 11) is -3.58. The van der Waals surface area contributed by atoms with Gasteiger partial charge in [0.05, 0.1) is 0 Å². The van der Waals surface area contributed by atoms with Crippen LogP contribution in [0.15, 0.2) is 16.5 Å². The molecule has 2 aromatic heterocycles. The number of nitrogens with one attached hydrogen (secondary N) is 2. The van der Waals surface area contributed by atoms with Gasteiger partial charge in [-0.1, -0.05) is 0 Å². The third-order valence-corrected chi connectivity index (χ3v) is 6.99. The molecule has 1 aliphatic carbocycles. The lowest BCUT2D eigenvalue weighted by Gasteiger charge is -2.08. The Hall–Kier alpha value is -0.960. The van der Waals surface area contributed by atoms with Crippen molar-refractivity contribution in [2.45, 2.75) is 44.2 Å². The molecule has 0 saturated heterocycles. The van der Waals surface area contributed by atoms with Crippen LogP contribution in [0, 0.1) is 13.8 Å². The molecular formula is C13H17N3O2S3. The number of thiazole rings is 1. The highest BCUT2D eigenvalue weighted by Gasteiger charge is 2.26. The zero-order chi connectivity index (χ0) is 15.0. The van der Waals surface area contributed by atoms with E-state index in [0.717, 1.165) is 15.3 Å². The molecule has 2 heterocycles. The number of nitrogens with zero attached hydrogens (tertiary/aromatic N) is 1. The minimum atomic E-state index is -3.58. The lowest BCUT2D eigenvalue weighted by Crippen LogP contribution is -2.19. The fourth-order valence-electron chi connectivity index (χ4n) is 2.06. The first-order valence-corrected chi connectivity index (χ1v) is 9.89. The number of hydrogen-bond donors (Lipinski definition) is 2.